The molecule has 2 N–H and O–H groups in total. The minimum atomic E-state index is -0.721. The van der Waals surface area contributed by atoms with Crippen molar-refractivity contribution in [1.29, 1.82) is 0 Å². The predicted molar refractivity (Wildman–Crippen MR) is 92.0 cm³/mol. The van der Waals surface area contributed by atoms with Crippen molar-refractivity contribution in [3.05, 3.63) is 64.4 Å². The third-order valence-corrected chi connectivity index (χ3v) is 4.95. The van der Waals surface area contributed by atoms with Gasteiger partial charge in [-0.1, -0.05) is 25.0 Å². The van der Waals surface area contributed by atoms with Gasteiger partial charge in [0.2, 0.25) is 5.91 Å². The molecule has 0 atom stereocenters. The fourth-order valence-electron chi connectivity index (χ4n) is 3.69. The lowest BCUT2D eigenvalue weighted by molar-refractivity contribution is -0.121. The standard InChI is InChI=1S/C19H17FN2O3/c20-13-5-3-4-12(10-13)19(8-1-2-9-19)17(23)21-14-6-7-16-15(11-14)22-18(24)25-16/h3-7,10-11H,1-2,8-9H2,(H,21,23)(H,22,24). The van der Waals surface area contributed by atoms with Crippen molar-refractivity contribution in [3.8, 4) is 0 Å². The van der Waals surface area contributed by atoms with E-state index in [1.165, 1.54) is 12.1 Å². The molecule has 1 aromatic heterocycles. The average molecular weight is 340 g/mol. The molecule has 1 fully saturated rings. The maximum Gasteiger partial charge on any atom is 0.417 e. The first kappa shape index (κ1) is 15.6. The van der Waals surface area contributed by atoms with Gasteiger partial charge in [0.25, 0.3) is 0 Å². The second-order valence-corrected chi connectivity index (χ2v) is 6.48. The van der Waals surface area contributed by atoms with Crippen LogP contribution in [0, 0.1) is 5.82 Å². The molecular formula is C19H17FN2O3. The third-order valence-electron chi connectivity index (χ3n) is 4.95. The zero-order chi connectivity index (χ0) is 17.4. The zero-order valence-electron chi connectivity index (χ0n) is 13.5. The quantitative estimate of drug-likeness (QED) is 0.763. The van der Waals surface area contributed by atoms with Crippen LogP contribution in [0.1, 0.15) is 31.2 Å². The van der Waals surface area contributed by atoms with Crippen LogP contribution < -0.4 is 11.1 Å². The maximum absolute atomic E-state index is 13.7. The summed E-state index contributed by atoms with van der Waals surface area (Å²) in [5, 5.41) is 2.92. The molecule has 5 nitrogen and oxygen atoms in total. The van der Waals surface area contributed by atoms with Crippen molar-refractivity contribution < 1.29 is 13.6 Å². The molecule has 0 saturated heterocycles. The highest BCUT2D eigenvalue weighted by Gasteiger charge is 2.42. The van der Waals surface area contributed by atoms with Crippen LogP contribution >= 0.6 is 0 Å². The van der Waals surface area contributed by atoms with E-state index in [1.807, 2.05) is 6.07 Å². The molecular weight excluding hydrogens is 323 g/mol. The van der Waals surface area contributed by atoms with Crippen molar-refractivity contribution >= 4 is 22.7 Å². The summed E-state index contributed by atoms with van der Waals surface area (Å²) in [6.07, 6.45) is 3.23. The molecule has 0 spiro atoms. The first-order chi connectivity index (χ1) is 12.1. The van der Waals surface area contributed by atoms with Crippen LogP contribution in [0.15, 0.2) is 51.7 Å². The van der Waals surface area contributed by atoms with Gasteiger partial charge < -0.3 is 9.73 Å². The van der Waals surface area contributed by atoms with E-state index in [2.05, 4.69) is 10.3 Å². The number of halogens is 1. The van der Waals surface area contributed by atoms with Gasteiger partial charge in [-0.05, 0) is 48.7 Å². The van der Waals surface area contributed by atoms with Crippen molar-refractivity contribution in [2.24, 2.45) is 0 Å². The smallest absolute Gasteiger partial charge is 0.408 e. The van der Waals surface area contributed by atoms with Crippen LogP contribution in [0.5, 0.6) is 0 Å². The first-order valence-electron chi connectivity index (χ1n) is 8.27. The Kier molecular flexibility index (Phi) is 3.67. The highest BCUT2D eigenvalue weighted by molar-refractivity contribution is 6.00. The number of hydrogen-bond donors (Lipinski definition) is 2. The fourth-order valence-corrected chi connectivity index (χ4v) is 3.69. The van der Waals surface area contributed by atoms with E-state index in [-0.39, 0.29) is 11.7 Å². The molecule has 2 aromatic carbocycles. The van der Waals surface area contributed by atoms with Crippen molar-refractivity contribution in [2.75, 3.05) is 5.32 Å². The van der Waals surface area contributed by atoms with Crippen LogP contribution in [-0.4, -0.2) is 10.9 Å². The Hall–Kier alpha value is -2.89. The van der Waals surface area contributed by atoms with Gasteiger partial charge in [0.15, 0.2) is 5.58 Å². The molecule has 1 aliphatic carbocycles. The van der Waals surface area contributed by atoms with E-state index < -0.39 is 11.2 Å². The SMILES string of the molecule is O=C(Nc1ccc2oc(=O)[nH]c2c1)C1(c2cccc(F)c2)CCCC1. The Morgan fingerprint density at radius 1 is 1.16 bits per heavy atom. The van der Waals surface area contributed by atoms with Crippen LogP contribution in [0.3, 0.4) is 0 Å². The normalized spacial score (nSPS) is 16.2. The Balaban J connectivity index is 1.67. The van der Waals surface area contributed by atoms with E-state index in [4.69, 9.17) is 4.42 Å². The summed E-state index contributed by atoms with van der Waals surface area (Å²) in [7, 11) is 0. The number of benzene rings is 2. The van der Waals surface area contributed by atoms with Crippen molar-refractivity contribution in [2.45, 2.75) is 31.1 Å². The highest BCUT2D eigenvalue weighted by atomic mass is 19.1. The lowest BCUT2D eigenvalue weighted by Crippen LogP contribution is -2.38. The van der Waals surface area contributed by atoms with Gasteiger partial charge in [-0.3, -0.25) is 9.78 Å². The number of oxazole rings is 1. The highest BCUT2D eigenvalue weighted by Crippen LogP contribution is 2.42. The van der Waals surface area contributed by atoms with Crippen LogP contribution in [0.2, 0.25) is 0 Å². The summed E-state index contributed by atoms with van der Waals surface area (Å²) in [4.78, 5) is 26.9. The van der Waals surface area contributed by atoms with E-state index in [0.717, 1.165) is 12.8 Å². The molecule has 1 aliphatic rings. The molecule has 1 saturated carbocycles. The Bertz CT molecular complexity index is 999. The van der Waals surface area contributed by atoms with Gasteiger partial charge in [-0.15, -0.1) is 0 Å². The number of rotatable bonds is 3. The van der Waals surface area contributed by atoms with Gasteiger partial charge >= 0.3 is 5.76 Å². The summed E-state index contributed by atoms with van der Waals surface area (Å²) < 4.78 is 18.6. The fraction of sp³-hybridized carbons (Fsp3) is 0.263. The number of anilines is 1. The minimum Gasteiger partial charge on any atom is -0.408 e. The molecule has 1 heterocycles. The zero-order valence-corrected chi connectivity index (χ0v) is 13.5. The van der Waals surface area contributed by atoms with Gasteiger partial charge in [-0.25, -0.2) is 9.18 Å². The lowest BCUT2D eigenvalue weighted by Gasteiger charge is -2.28. The summed E-state index contributed by atoms with van der Waals surface area (Å²) >= 11 is 0. The number of fused-ring (bicyclic) bond motifs is 1. The van der Waals surface area contributed by atoms with E-state index in [1.54, 1.807) is 24.3 Å². The largest absolute Gasteiger partial charge is 0.417 e. The van der Waals surface area contributed by atoms with E-state index in [9.17, 15) is 14.0 Å². The number of H-pyrrole nitrogens is 1. The number of nitrogens with one attached hydrogen (secondary N) is 2. The lowest BCUT2D eigenvalue weighted by atomic mass is 9.78. The molecule has 0 bridgehead atoms. The first-order valence-corrected chi connectivity index (χ1v) is 8.27. The second-order valence-electron chi connectivity index (χ2n) is 6.48. The molecule has 25 heavy (non-hydrogen) atoms. The van der Waals surface area contributed by atoms with Crippen LogP contribution in [0.4, 0.5) is 10.1 Å². The second kappa shape index (κ2) is 5.88. The number of carbonyl (C=O) groups is 1. The van der Waals surface area contributed by atoms with Crippen LogP contribution in [0.25, 0.3) is 11.1 Å². The summed E-state index contributed by atoms with van der Waals surface area (Å²) in [5.41, 5.74) is 1.51. The maximum atomic E-state index is 13.7. The molecule has 4 rings (SSSR count). The monoisotopic (exact) mass is 340 g/mol. The number of carbonyl (C=O) groups excluding carboxylic acids is 1. The summed E-state index contributed by atoms with van der Waals surface area (Å²) in [6, 6.07) is 11.3. The van der Waals surface area contributed by atoms with Gasteiger partial charge in [0, 0.05) is 5.69 Å². The number of amides is 1. The topological polar surface area (TPSA) is 75.1 Å². The summed E-state index contributed by atoms with van der Waals surface area (Å²) in [6.45, 7) is 0. The Labute approximate surface area is 142 Å². The molecule has 1 amide bonds. The molecule has 0 radical (unpaired) electrons. The molecule has 3 aromatic rings. The predicted octanol–water partition coefficient (Wildman–Crippen LogP) is 3.71. The van der Waals surface area contributed by atoms with Crippen LogP contribution in [-0.2, 0) is 10.2 Å². The average Bonchev–Trinajstić information content (AvgIpc) is 3.21. The van der Waals surface area contributed by atoms with E-state index in [0.29, 0.717) is 35.2 Å². The van der Waals surface area contributed by atoms with Gasteiger partial charge in [-0.2, -0.15) is 0 Å². The Morgan fingerprint density at radius 2 is 1.96 bits per heavy atom. The molecule has 0 unspecified atom stereocenters. The van der Waals surface area contributed by atoms with Crippen molar-refractivity contribution in [1.82, 2.24) is 4.98 Å². The molecule has 128 valence electrons. The summed E-state index contributed by atoms with van der Waals surface area (Å²) in [5.74, 6) is -1.03. The number of aromatic nitrogens is 1. The molecule has 6 heteroatoms. The van der Waals surface area contributed by atoms with Gasteiger partial charge in [0.05, 0.1) is 10.9 Å². The Morgan fingerprint density at radius 3 is 2.72 bits per heavy atom. The third kappa shape index (κ3) is 2.73. The number of aromatic amines is 1. The van der Waals surface area contributed by atoms with E-state index >= 15 is 0 Å². The number of hydrogen-bond acceptors (Lipinski definition) is 3. The van der Waals surface area contributed by atoms with Crippen molar-refractivity contribution in [3.63, 3.8) is 0 Å². The molecule has 0 aliphatic heterocycles. The van der Waals surface area contributed by atoms with Gasteiger partial charge in [0.1, 0.15) is 5.82 Å². The minimum absolute atomic E-state index is 0.152.